The van der Waals surface area contributed by atoms with Crippen LogP contribution in [0.4, 0.5) is 5.69 Å². The molecule has 0 saturated carbocycles. The lowest BCUT2D eigenvalue weighted by atomic mass is 10.1. The number of hydrogen-bond donors (Lipinski definition) is 1. The number of anilines is 1. The number of halogens is 1. The molecule has 0 radical (unpaired) electrons. The Labute approximate surface area is 231 Å². The quantitative estimate of drug-likeness (QED) is 0.321. The zero-order valence-corrected chi connectivity index (χ0v) is 23.9. The Bertz CT molecular complexity index is 1300. The molecule has 0 aliphatic heterocycles. The van der Waals surface area contributed by atoms with Crippen LogP contribution >= 0.6 is 22.6 Å². The highest BCUT2D eigenvalue weighted by molar-refractivity contribution is 14.1. The lowest BCUT2D eigenvalue weighted by Crippen LogP contribution is -2.51. The molecule has 0 heterocycles. The van der Waals surface area contributed by atoms with Crippen molar-refractivity contribution in [3.8, 4) is 5.75 Å². The fourth-order valence-corrected chi connectivity index (χ4v) is 5.66. The second-order valence-corrected chi connectivity index (χ2v) is 11.3. The van der Waals surface area contributed by atoms with Gasteiger partial charge in [0.1, 0.15) is 18.3 Å². The third-order valence-corrected chi connectivity index (χ3v) is 8.38. The summed E-state index contributed by atoms with van der Waals surface area (Å²) in [7, 11) is -0.991. The minimum atomic E-state index is -4.07. The number of hydrogen-bond acceptors (Lipinski definition) is 5. The lowest BCUT2D eigenvalue weighted by Gasteiger charge is -2.33. The first-order chi connectivity index (χ1) is 17.7. The maximum absolute atomic E-state index is 13.8. The molecule has 3 rings (SSSR count). The molecule has 0 aliphatic rings. The summed E-state index contributed by atoms with van der Waals surface area (Å²) in [5.41, 5.74) is 1.14. The van der Waals surface area contributed by atoms with Crippen LogP contribution in [0.2, 0.25) is 0 Å². The van der Waals surface area contributed by atoms with Gasteiger partial charge in [0.25, 0.3) is 10.0 Å². The molecule has 1 atom stereocenters. The molecule has 0 bridgehead atoms. The third-order valence-electron chi connectivity index (χ3n) is 5.87. The fraction of sp³-hybridized carbons (Fsp3) is 0.259. The normalized spacial score (nSPS) is 11.9. The van der Waals surface area contributed by atoms with E-state index in [1.54, 1.807) is 61.7 Å². The summed E-state index contributed by atoms with van der Waals surface area (Å²) in [6, 6.07) is 21.3. The van der Waals surface area contributed by atoms with Gasteiger partial charge in [-0.2, -0.15) is 0 Å². The summed E-state index contributed by atoms with van der Waals surface area (Å²) in [6.45, 7) is 1.47. The predicted octanol–water partition coefficient (Wildman–Crippen LogP) is 4.05. The van der Waals surface area contributed by atoms with Gasteiger partial charge in [-0.15, -0.1) is 0 Å². The monoisotopic (exact) mass is 635 g/mol. The molecule has 0 fully saturated rings. The maximum Gasteiger partial charge on any atom is 0.264 e. The van der Waals surface area contributed by atoms with Crippen molar-refractivity contribution < 1.29 is 22.7 Å². The largest absolute Gasteiger partial charge is 0.497 e. The van der Waals surface area contributed by atoms with Crippen LogP contribution < -0.4 is 14.4 Å². The average molecular weight is 636 g/mol. The van der Waals surface area contributed by atoms with Gasteiger partial charge in [0, 0.05) is 17.2 Å². The van der Waals surface area contributed by atoms with Crippen LogP contribution in [0.15, 0.2) is 83.8 Å². The molecule has 3 aromatic rings. The SMILES string of the molecule is CC[C@@H](C(=O)NC)N(Cc1ccc(OC)cc1)C(=O)CN(c1ccc(I)cc1)S(=O)(=O)c1ccccc1. The van der Waals surface area contributed by atoms with Gasteiger partial charge in [-0.25, -0.2) is 8.42 Å². The van der Waals surface area contributed by atoms with Crippen molar-refractivity contribution in [3.63, 3.8) is 0 Å². The highest BCUT2D eigenvalue weighted by Gasteiger charge is 2.33. The van der Waals surface area contributed by atoms with Crippen molar-refractivity contribution in [3.05, 3.63) is 88.0 Å². The molecular formula is C27H30IN3O5S. The van der Waals surface area contributed by atoms with Crippen LogP contribution in [-0.4, -0.2) is 51.9 Å². The van der Waals surface area contributed by atoms with Crippen molar-refractivity contribution in [2.24, 2.45) is 0 Å². The van der Waals surface area contributed by atoms with Gasteiger partial charge in [0.05, 0.1) is 17.7 Å². The molecule has 1 N–H and O–H groups in total. The van der Waals surface area contributed by atoms with Gasteiger partial charge in [-0.1, -0.05) is 37.3 Å². The number of ether oxygens (including phenoxy) is 1. The molecule has 0 saturated heterocycles. The minimum absolute atomic E-state index is 0.0707. The first kappa shape index (κ1) is 28.5. The number of carbonyl (C=O) groups excluding carboxylic acids is 2. The first-order valence-corrected chi connectivity index (χ1v) is 14.2. The van der Waals surface area contributed by atoms with E-state index in [9.17, 15) is 18.0 Å². The Morgan fingerprint density at radius 3 is 2.14 bits per heavy atom. The summed E-state index contributed by atoms with van der Waals surface area (Å²) < 4.78 is 34.6. The van der Waals surface area contributed by atoms with E-state index in [0.717, 1.165) is 13.4 Å². The van der Waals surface area contributed by atoms with E-state index in [-0.39, 0.29) is 17.3 Å². The molecule has 0 spiro atoms. The van der Waals surface area contributed by atoms with Crippen LogP contribution in [0.1, 0.15) is 18.9 Å². The highest BCUT2D eigenvalue weighted by Crippen LogP contribution is 2.25. The van der Waals surface area contributed by atoms with Crippen LogP contribution in [0.3, 0.4) is 0 Å². The van der Waals surface area contributed by atoms with Gasteiger partial charge < -0.3 is 15.0 Å². The molecular weight excluding hydrogens is 605 g/mol. The molecule has 196 valence electrons. The molecule has 10 heteroatoms. The zero-order chi connectivity index (χ0) is 27.0. The number of nitrogens with zero attached hydrogens (tertiary/aromatic N) is 2. The lowest BCUT2D eigenvalue weighted by molar-refractivity contribution is -0.140. The molecule has 0 unspecified atom stereocenters. The second-order valence-electron chi connectivity index (χ2n) is 8.21. The van der Waals surface area contributed by atoms with Crippen molar-refractivity contribution in [1.82, 2.24) is 10.2 Å². The first-order valence-electron chi connectivity index (χ1n) is 11.7. The summed E-state index contributed by atoms with van der Waals surface area (Å²) in [5.74, 6) is -0.153. The molecule has 2 amide bonds. The van der Waals surface area contributed by atoms with Gasteiger partial charge in [0.2, 0.25) is 11.8 Å². The van der Waals surface area contributed by atoms with Crippen LogP contribution in [-0.2, 0) is 26.2 Å². The number of likely N-dealkylation sites (N-methyl/N-ethyl adjacent to an activating group) is 1. The number of rotatable bonds is 11. The van der Waals surface area contributed by atoms with Gasteiger partial charge in [-0.05, 0) is 83.1 Å². The zero-order valence-electron chi connectivity index (χ0n) is 20.9. The Hall–Kier alpha value is -3.12. The number of nitrogens with one attached hydrogen (secondary N) is 1. The van der Waals surface area contributed by atoms with E-state index in [4.69, 9.17) is 4.74 Å². The standard InChI is InChI=1S/C27H30IN3O5S/c1-4-25(27(33)29-2)30(18-20-10-16-23(36-3)17-11-20)26(32)19-31(22-14-12-21(28)13-15-22)37(34,35)24-8-6-5-7-9-24/h5-17,25H,4,18-19H2,1-3H3,(H,29,33)/t25-/m0/s1. The number of sulfonamides is 1. The van der Waals surface area contributed by atoms with Crippen LogP contribution in [0.25, 0.3) is 0 Å². The third kappa shape index (κ3) is 7.01. The van der Waals surface area contributed by atoms with E-state index in [1.807, 2.05) is 19.1 Å². The summed E-state index contributed by atoms with van der Waals surface area (Å²) >= 11 is 2.13. The van der Waals surface area contributed by atoms with Crippen molar-refractivity contribution in [1.29, 1.82) is 0 Å². The summed E-state index contributed by atoms with van der Waals surface area (Å²) in [5, 5.41) is 2.62. The van der Waals surface area contributed by atoms with Crippen molar-refractivity contribution in [2.75, 3.05) is 25.0 Å². The Morgan fingerprint density at radius 2 is 1.59 bits per heavy atom. The van der Waals surface area contributed by atoms with Gasteiger partial charge in [-0.3, -0.25) is 13.9 Å². The van der Waals surface area contributed by atoms with E-state index < -0.39 is 28.5 Å². The van der Waals surface area contributed by atoms with Gasteiger partial charge in [0.15, 0.2) is 0 Å². The Balaban J connectivity index is 2.02. The molecule has 0 aromatic heterocycles. The predicted molar refractivity (Wildman–Crippen MR) is 152 cm³/mol. The van der Waals surface area contributed by atoms with E-state index in [1.165, 1.54) is 24.1 Å². The average Bonchev–Trinajstić information content (AvgIpc) is 2.92. The topological polar surface area (TPSA) is 96.0 Å². The van der Waals surface area contributed by atoms with E-state index in [2.05, 4.69) is 27.9 Å². The van der Waals surface area contributed by atoms with E-state index >= 15 is 0 Å². The number of carbonyl (C=O) groups is 2. The summed E-state index contributed by atoms with van der Waals surface area (Å²) in [4.78, 5) is 28.1. The molecule has 37 heavy (non-hydrogen) atoms. The number of amides is 2. The van der Waals surface area contributed by atoms with Crippen LogP contribution in [0.5, 0.6) is 5.75 Å². The Kier molecular flexibility index (Phi) is 9.93. The van der Waals surface area contributed by atoms with E-state index in [0.29, 0.717) is 17.9 Å². The van der Waals surface area contributed by atoms with Crippen molar-refractivity contribution >= 4 is 50.1 Å². The van der Waals surface area contributed by atoms with Gasteiger partial charge >= 0.3 is 0 Å². The molecule has 0 aliphatic carbocycles. The smallest absolute Gasteiger partial charge is 0.264 e. The number of benzene rings is 3. The number of methoxy groups -OCH3 is 1. The maximum atomic E-state index is 13.8. The van der Waals surface area contributed by atoms with Crippen LogP contribution in [0, 0.1) is 3.57 Å². The Morgan fingerprint density at radius 1 is 0.973 bits per heavy atom. The highest BCUT2D eigenvalue weighted by atomic mass is 127. The van der Waals surface area contributed by atoms with Crippen molar-refractivity contribution in [2.45, 2.75) is 30.8 Å². The summed E-state index contributed by atoms with van der Waals surface area (Å²) in [6.07, 6.45) is 0.358. The molecule has 8 nitrogen and oxygen atoms in total. The second kappa shape index (κ2) is 12.9. The minimum Gasteiger partial charge on any atom is -0.497 e. The fourth-order valence-electron chi connectivity index (χ4n) is 3.87. The molecule has 3 aromatic carbocycles.